The van der Waals surface area contributed by atoms with Crippen LogP contribution in [-0.4, -0.2) is 14.3 Å². The largest absolute Gasteiger partial charge is 0.322 e. The van der Waals surface area contributed by atoms with E-state index < -0.39 is 10.0 Å². The molecule has 1 amide bonds. The van der Waals surface area contributed by atoms with Gasteiger partial charge in [0.15, 0.2) is 0 Å². The van der Waals surface area contributed by atoms with Crippen LogP contribution in [0, 0.1) is 6.92 Å². The van der Waals surface area contributed by atoms with Crippen LogP contribution in [0.3, 0.4) is 0 Å². The fourth-order valence-electron chi connectivity index (χ4n) is 2.59. The number of rotatable bonds is 6. The summed E-state index contributed by atoms with van der Waals surface area (Å²) in [7, 11) is -3.73. The fraction of sp³-hybridized carbons (Fsp3) is 0.0952. The Hall–Kier alpha value is -2.96. The maximum atomic E-state index is 12.6. The first-order valence-electron chi connectivity index (χ1n) is 8.46. The van der Waals surface area contributed by atoms with Crippen LogP contribution in [0.2, 0.25) is 0 Å². The van der Waals surface area contributed by atoms with Crippen molar-refractivity contribution in [2.24, 2.45) is 0 Å². The van der Waals surface area contributed by atoms with Gasteiger partial charge in [-0.1, -0.05) is 48.5 Å². The highest BCUT2D eigenvalue weighted by Crippen LogP contribution is 2.15. The van der Waals surface area contributed by atoms with Crippen LogP contribution >= 0.6 is 0 Å². The number of para-hydroxylation sites is 1. The molecule has 0 bridgehead atoms. The minimum Gasteiger partial charge on any atom is -0.322 e. The van der Waals surface area contributed by atoms with E-state index >= 15 is 0 Å². The van der Waals surface area contributed by atoms with Crippen LogP contribution in [-0.2, 0) is 16.6 Å². The van der Waals surface area contributed by atoms with E-state index in [4.69, 9.17) is 0 Å². The Kier molecular flexibility index (Phi) is 5.69. The topological polar surface area (TPSA) is 75.3 Å². The predicted molar refractivity (Wildman–Crippen MR) is 106 cm³/mol. The van der Waals surface area contributed by atoms with Crippen molar-refractivity contribution < 1.29 is 13.2 Å². The molecule has 138 valence electrons. The highest BCUT2D eigenvalue weighted by molar-refractivity contribution is 7.89. The normalized spacial score (nSPS) is 11.1. The number of anilines is 1. The molecule has 3 aromatic rings. The lowest BCUT2D eigenvalue weighted by Gasteiger charge is -2.10. The summed E-state index contributed by atoms with van der Waals surface area (Å²) in [6, 6.07) is 22.6. The minimum absolute atomic E-state index is 0.0526. The summed E-state index contributed by atoms with van der Waals surface area (Å²) in [4.78, 5) is 12.4. The number of carbonyl (C=O) groups is 1. The Morgan fingerprint density at radius 1 is 0.889 bits per heavy atom. The number of hydrogen-bond acceptors (Lipinski definition) is 3. The third-order valence-corrected chi connectivity index (χ3v) is 5.55. The fourth-order valence-corrected chi connectivity index (χ4v) is 3.65. The number of aryl methyl sites for hydroxylation is 1. The van der Waals surface area contributed by atoms with Crippen molar-refractivity contribution in [1.29, 1.82) is 0 Å². The summed E-state index contributed by atoms with van der Waals surface area (Å²) in [5, 5.41) is 2.75. The van der Waals surface area contributed by atoms with E-state index in [9.17, 15) is 13.2 Å². The van der Waals surface area contributed by atoms with Crippen molar-refractivity contribution in [2.45, 2.75) is 18.4 Å². The summed E-state index contributed by atoms with van der Waals surface area (Å²) in [6.07, 6.45) is 0. The molecular weight excluding hydrogens is 360 g/mol. The molecule has 0 aromatic heterocycles. The second-order valence-corrected chi connectivity index (χ2v) is 7.87. The zero-order valence-electron chi connectivity index (χ0n) is 14.8. The molecule has 0 saturated carbocycles. The average molecular weight is 380 g/mol. The summed E-state index contributed by atoms with van der Waals surface area (Å²) < 4.78 is 27.8. The summed E-state index contributed by atoms with van der Waals surface area (Å²) in [6.45, 7) is 2.12. The Labute approximate surface area is 159 Å². The maximum absolute atomic E-state index is 12.6. The van der Waals surface area contributed by atoms with Gasteiger partial charge in [0.1, 0.15) is 0 Å². The van der Waals surface area contributed by atoms with Gasteiger partial charge in [0, 0.05) is 17.8 Å². The Morgan fingerprint density at radius 3 is 2.33 bits per heavy atom. The van der Waals surface area contributed by atoms with Crippen molar-refractivity contribution in [3.05, 3.63) is 95.6 Å². The van der Waals surface area contributed by atoms with Gasteiger partial charge < -0.3 is 5.32 Å². The number of nitrogens with one attached hydrogen (secondary N) is 2. The van der Waals surface area contributed by atoms with Gasteiger partial charge in [-0.2, -0.15) is 0 Å². The SMILES string of the molecule is Cc1ccccc1CNS(=O)(=O)c1cccc(C(=O)Nc2ccccc2)c1. The van der Waals surface area contributed by atoms with E-state index in [0.717, 1.165) is 11.1 Å². The molecular formula is C21H20N2O3S. The number of carbonyl (C=O) groups excluding carboxylic acids is 1. The van der Waals surface area contributed by atoms with E-state index in [1.807, 2.05) is 49.4 Å². The predicted octanol–water partition coefficient (Wildman–Crippen LogP) is 3.73. The lowest BCUT2D eigenvalue weighted by Crippen LogP contribution is -2.24. The van der Waals surface area contributed by atoms with Gasteiger partial charge in [-0.25, -0.2) is 13.1 Å². The number of sulfonamides is 1. The van der Waals surface area contributed by atoms with Gasteiger partial charge in [-0.3, -0.25) is 4.79 Å². The Balaban J connectivity index is 1.75. The van der Waals surface area contributed by atoms with Crippen molar-refractivity contribution >= 4 is 21.6 Å². The third kappa shape index (κ3) is 4.81. The van der Waals surface area contributed by atoms with Crippen LogP contribution in [0.4, 0.5) is 5.69 Å². The van der Waals surface area contributed by atoms with Crippen molar-refractivity contribution in [2.75, 3.05) is 5.32 Å². The van der Waals surface area contributed by atoms with Crippen molar-refractivity contribution in [3.8, 4) is 0 Å². The maximum Gasteiger partial charge on any atom is 0.255 e. The Bertz CT molecular complexity index is 1050. The van der Waals surface area contributed by atoms with Crippen molar-refractivity contribution in [1.82, 2.24) is 4.72 Å². The van der Waals surface area contributed by atoms with Crippen LogP contribution in [0.25, 0.3) is 0 Å². The van der Waals surface area contributed by atoms with E-state index in [-0.39, 0.29) is 22.9 Å². The number of benzene rings is 3. The molecule has 5 nitrogen and oxygen atoms in total. The molecule has 3 aromatic carbocycles. The smallest absolute Gasteiger partial charge is 0.255 e. The number of amides is 1. The molecule has 6 heteroatoms. The molecule has 0 aliphatic rings. The van der Waals surface area contributed by atoms with Gasteiger partial charge in [-0.05, 0) is 48.4 Å². The first kappa shape index (κ1) is 18.8. The molecule has 0 unspecified atom stereocenters. The third-order valence-electron chi connectivity index (χ3n) is 4.15. The summed E-state index contributed by atoms with van der Waals surface area (Å²) >= 11 is 0. The van der Waals surface area contributed by atoms with Crippen LogP contribution in [0.5, 0.6) is 0 Å². The van der Waals surface area contributed by atoms with E-state index in [0.29, 0.717) is 5.69 Å². The van der Waals surface area contributed by atoms with Crippen LogP contribution in [0.15, 0.2) is 83.8 Å². The highest BCUT2D eigenvalue weighted by atomic mass is 32.2. The first-order chi connectivity index (χ1) is 13.0. The lowest BCUT2D eigenvalue weighted by molar-refractivity contribution is 0.102. The van der Waals surface area contributed by atoms with Crippen LogP contribution < -0.4 is 10.0 Å². The molecule has 0 spiro atoms. The van der Waals surface area contributed by atoms with E-state index in [1.165, 1.54) is 12.1 Å². The van der Waals surface area contributed by atoms with Gasteiger partial charge in [0.25, 0.3) is 5.91 Å². The number of hydrogen-bond donors (Lipinski definition) is 2. The molecule has 0 heterocycles. The molecule has 0 atom stereocenters. The van der Waals surface area contributed by atoms with Crippen molar-refractivity contribution in [3.63, 3.8) is 0 Å². The van der Waals surface area contributed by atoms with Crippen LogP contribution in [0.1, 0.15) is 21.5 Å². The molecule has 0 aliphatic carbocycles. The molecule has 0 radical (unpaired) electrons. The zero-order chi connectivity index (χ0) is 19.3. The Morgan fingerprint density at radius 2 is 1.59 bits per heavy atom. The minimum atomic E-state index is -3.73. The second kappa shape index (κ2) is 8.16. The van der Waals surface area contributed by atoms with E-state index in [2.05, 4.69) is 10.0 Å². The quantitative estimate of drug-likeness (QED) is 0.684. The first-order valence-corrected chi connectivity index (χ1v) is 9.95. The average Bonchev–Trinajstić information content (AvgIpc) is 2.68. The molecule has 27 heavy (non-hydrogen) atoms. The summed E-state index contributed by atoms with van der Waals surface area (Å²) in [5.74, 6) is -0.364. The monoisotopic (exact) mass is 380 g/mol. The van der Waals surface area contributed by atoms with Gasteiger partial charge in [0.05, 0.1) is 4.90 Å². The molecule has 0 fully saturated rings. The lowest BCUT2D eigenvalue weighted by atomic mass is 10.1. The molecule has 0 saturated heterocycles. The standard InChI is InChI=1S/C21H20N2O3S/c1-16-8-5-6-9-18(16)15-22-27(25,26)20-13-7-10-17(14-20)21(24)23-19-11-3-2-4-12-19/h2-14,22H,15H2,1H3,(H,23,24). The molecule has 3 rings (SSSR count). The highest BCUT2D eigenvalue weighted by Gasteiger charge is 2.16. The van der Waals surface area contributed by atoms with Gasteiger partial charge in [-0.15, -0.1) is 0 Å². The van der Waals surface area contributed by atoms with E-state index in [1.54, 1.807) is 24.3 Å². The second-order valence-electron chi connectivity index (χ2n) is 6.10. The molecule has 0 aliphatic heterocycles. The van der Waals surface area contributed by atoms with Gasteiger partial charge in [0.2, 0.25) is 10.0 Å². The zero-order valence-corrected chi connectivity index (χ0v) is 15.7. The molecule has 2 N–H and O–H groups in total. The summed E-state index contributed by atoms with van der Waals surface area (Å²) in [5.41, 5.74) is 2.83. The van der Waals surface area contributed by atoms with Gasteiger partial charge >= 0.3 is 0 Å².